The highest BCUT2D eigenvalue weighted by molar-refractivity contribution is 6.00. The summed E-state index contributed by atoms with van der Waals surface area (Å²) in [4.78, 5) is 60.9. The summed E-state index contributed by atoms with van der Waals surface area (Å²) < 4.78 is 10.2. The Bertz CT molecular complexity index is 1160. The quantitative estimate of drug-likeness (QED) is 0.228. The van der Waals surface area contributed by atoms with E-state index in [4.69, 9.17) is 9.47 Å². The lowest BCUT2D eigenvalue weighted by Gasteiger charge is -2.16. The highest BCUT2D eigenvalue weighted by Crippen LogP contribution is 2.30. The number of unbranched alkanes of at least 4 members (excludes halogenated alkanes) is 1. The van der Waals surface area contributed by atoms with E-state index in [2.05, 4.69) is 5.32 Å². The van der Waals surface area contributed by atoms with Gasteiger partial charge in [-0.25, -0.2) is 4.79 Å². The zero-order chi connectivity index (χ0) is 26.2. The maximum Gasteiger partial charge on any atom is 0.338 e. The van der Waals surface area contributed by atoms with Gasteiger partial charge < -0.3 is 19.7 Å². The molecule has 36 heavy (non-hydrogen) atoms. The molecule has 1 aliphatic rings. The highest BCUT2D eigenvalue weighted by Gasteiger charge is 2.37. The van der Waals surface area contributed by atoms with Crippen molar-refractivity contribution in [2.45, 2.75) is 33.1 Å². The number of amides is 2. The number of nitro benzene ring substituents is 1. The molecule has 2 aromatic carbocycles. The number of rotatable bonds is 10. The van der Waals surface area contributed by atoms with E-state index in [1.54, 1.807) is 19.1 Å². The van der Waals surface area contributed by atoms with Crippen molar-refractivity contribution in [3.63, 3.8) is 0 Å². The van der Waals surface area contributed by atoms with Gasteiger partial charge in [-0.15, -0.1) is 0 Å². The Kier molecular flexibility index (Phi) is 8.71. The molecule has 2 aromatic rings. The normalized spacial score (nSPS) is 14.9. The van der Waals surface area contributed by atoms with Gasteiger partial charge in [-0.1, -0.05) is 19.4 Å². The average Bonchev–Trinajstić information content (AvgIpc) is 3.25. The first kappa shape index (κ1) is 26.3. The van der Waals surface area contributed by atoms with Crippen LogP contribution in [0.2, 0.25) is 0 Å². The maximum atomic E-state index is 12.4. The van der Waals surface area contributed by atoms with Gasteiger partial charge in [-0.05, 0) is 43.7 Å². The number of nitrogens with one attached hydrogen (secondary N) is 1. The largest absolute Gasteiger partial charge is 0.462 e. The molecule has 1 fully saturated rings. The third-order valence-corrected chi connectivity index (χ3v) is 5.64. The third-order valence-electron chi connectivity index (χ3n) is 5.64. The summed E-state index contributed by atoms with van der Waals surface area (Å²) in [6, 6.07) is 10.5. The Morgan fingerprint density at radius 1 is 1.14 bits per heavy atom. The molecule has 3 rings (SSSR count). The Balaban J connectivity index is 1.49. The summed E-state index contributed by atoms with van der Waals surface area (Å²) in [5.74, 6) is -2.92. The average molecular weight is 498 g/mol. The third kappa shape index (κ3) is 6.65. The van der Waals surface area contributed by atoms with Crippen molar-refractivity contribution in [2.75, 3.05) is 30.0 Å². The number of ether oxygens (including phenoxy) is 2. The molecule has 1 saturated heterocycles. The van der Waals surface area contributed by atoms with Crippen molar-refractivity contribution in [1.29, 1.82) is 0 Å². The molecule has 0 unspecified atom stereocenters. The maximum absolute atomic E-state index is 12.4. The molecule has 0 aromatic heterocycles. The number of esters is 2. The predicted octanol–water partition coefficient (Wildman–Crippen LogP) is 3.39. The monoisotopic (exact) mass is 497 g/mol. The molecule has 1 N–H and O–H groups in total. The van der Waals surface area contributed by atoms with Crippen LogP contribution < -0.4 is 10.2 Å². The minimum atomic E-state index is -0.802. The van der Waals surface area contributed by atoms with Gasteiger partial charge in [0.1, 0.15) is 0 Å². The Labute approximate surface area is 207 Å². The van der Waals surface area contributed by atoms with Crippen molar-refractivity contribution >= 4 is 40.8 Å². The summed E-state index contributed by atoms with van der Waals surface area (Å²) in [7, 11) is 0. The molecule has 1 heterocycles. The fraction of sp³-hybridized carbons (Fsp3) is 0.360. The van der Waals surface area contributed by atoms with Gasteiger partial charge >= 0.3 is 11.9 Å². The van der Waals surface area contributed by atoms with Crippen molar-refractivity contribution in [2.24, 2.45) is 5.92 Å². The van der Waals surface area contributed by atoms with E-state index in [0.29, 0.717) is 29.1 Å². The summed E-state index contributed by atoms with van der Waals surface area (Å²) in [6.45, 7) is 3.37. The van der Waals surface area contributed by atoms with Crippen molar-refractivity contribution < 1.29 is 33.6 Å². The van der Waals surface area contributed by atoms with Gasteiger partial charge in [0.05, 0.1) is 28.7 Å². The number of aryl methyl sites for hydroxylation is 1. The van der Waals surface area contributed by atoms with Gasteiger partial charge in [0, 0.05) is 30.3 Å². The first-order valence-electron chi connectivity index (χ1n) is 11.5. The standard InChI is InChI=1S/C25H27N3O8/c1-3-4-11-35-24(31)17-6-8-19(9-7-17)26-22(29)15-36-25(32)18-12-23(30)27(14-18)20-10-5-16(2)21(13-20)28(33)34/h5-10,13,18H,3-4,11-12,14-15H2,1-2H3,(H,26,29)/t18-/m0/s1. The van der Waals surface area contributed by atoms with E-state index in [1.165, 1.54) is 35.2 Å². The van der Waals surface area contributed by atoms with Crippen LogP contribution in [-0.2, 0) is 23.9 Å². The number of benzene rings is 2. The van der Waals surface area contributed by atoms with Crippen LogP contribution in [0.15, 0.2) is 42.5 Å². The molecule has 0 bridgehead atoms. The van der Waals surface area contributed by atoms with E-state index in [1.807, 2.05) is 6.92 Å². The summed E-state index contributed by atoms with van der Waals surface area (Å²) in [6.07, 6.45) is 1.56. The number of hydrogen-bond acceptors (Lipinski definition) is 8. The van der Waals surface area contributed by atoms with Crippen LogP contribution in [-0.4, -0.2) is 48.4 Å². The van der Waals surface area contributed by atoms with Crippen molar-refractivity contribution in [3.8, 4) is 0 Å². The lowest BCUT2D eigenvalue weighted by Crippen LogP contribution is -2.28. The molecule has 2 amide bonds. The van der Waals surface area contributed by atoms with Crippen LogP contribution in [0.3, 0.4) is 0 Å². The Hall–Kier alpha value is -4.28. The molecular formula is C25H27N3O8. The van der Waals surface area contributed by atoms with E-state index in [9.17, 15) is 29.3 Å². The SMILES string of the molecule is CCCCOC(=O)c1ccc(NC(=O)COC(=O)[C@H]2CC(=O)N(c3ccc(C)c([N+](=O)[O-])c3)C2)cc1. The molecular weight excluding hydrogens is 470 g/mol. The molecule has 0 spiro atoms. The first-order valence-corrected chi connectivity index (χ1v) is 11.5. The van der Waals surface area contributed by atoms with E-state index >= 15 is 0 Å². The summed E-state index contributed by atoms with van der Waals surface area (Å²) in [5.41, 5.74) is 1.42. The van der Waals surface area contributed by atoms with Gasteiger partial charge in [0.2, 0.25) is 5.91 Å². The molecule has 0 aliphatic carbocycles. The molecule has 1 aliphatic heterocycles. The smallest absolute Gasteiger partial charge is 0.338 e. The predicted molar refractivity (Wildman–Crippen MR) is 130 cm³/mol. The number of nitrogens with zero attached hydrogens (tertiary/aromatic N) is 2. The molecule has 11 nitrogen and oxygen atoms in total. The van der Waals surface area contributed by atoms with Gasteiger partial charge in [-0.3, -0.25) is 24.5 Å². The van der Waals surface area contributed by atoms with Gasteiger partial charge in [0.15, 0.2) is 6.61 Å². The van der Waals surface area contributed by atoms with Gasteiger partial charge in [0.25, 0.3) is 11.6 Å². The summed E-state index contributed by atoms with van der Waals surface area (Å²) in [5, 5.41) is 13.7. The van der Waals surface area contributed by atoms with E-state index < -0.39 is 35.3 Å². The highest BCUT2D eigenvalue weighted by atomic mass is 16.6. The Morgan fingerprint density at radius 3 is 2.53 bits per heavy atom. The van der Waals surface area contributed by atoms with E-state index in [-0.39, 0.29) is 24.6 Å². The van der Waals surface area contributed by atoms with Crippen LogP contribution in [0.4, 0.5) is 17.1 Å². The van der Waals surface area contributed by atoms with Crippen LogP contribution in [0.25, 0.3) is 0 Å². The van der Waals surface area contributed by atoms with Crippen molar-refractivity contribution in [1.82, 2.24) is 0 Å². The van der Waals surface area contributed by atoms with Crippen LogP contribution in [0.5, 0.6) is 0 Å². The van der Waals surface area contributed by atoms with Crippen LogP contribution in [0.1, 0.15) is 42.1 Å². The fourth-order valence-corrected chi connectivity index (χ4v) is 3.61. The number of anilines is 2. The molecule has 0 radical (unpaired) electrons. The van der Waals surface area contributed by atoms with Crippen LogP contribution in [0, 0.1) is 23.0 Å². The molecule has 190 valence electrons. The lowest BCUT2D eigenvalue weighted by molar-refractivity contribution is -0.385. The molecule has 0 saturated carbocycles. The van der Waals surface area contributed by atoms with E-state index in [0.717, 1.165) is 12.8 Å². The zero-order valence-electron chi connectivity index (χ0n) is 20.0. The number of carbonyl (C=O) groups excluding carboxylic acids is 4. The number of hydrogen-bond donors (Lipinski definition) is 1. The second-order valence-electron chi connectivity index (χ2n) is 8.36. The minimum Gasteiger partial charge on any atom is -0.462 e. The summed E-state index contributed by atoms with van der Waals surface area (Å²) >= 11 is 0. The number of nitro groups is 1. The van der Waals surface area contributed by atoms with Crippen LogP contribution >= 0.6 is 0 Å². The van der Waals surface area contributed by atoms with Gasteiger partial charge in [-0.2, -0.15) is 0 Å². The molecule has 1 atom stereocenters. The second kappa shape index (κ2) is 11.9. The second-order valence-corrected chi connectivity index (χ2v) is 8.36. The first-order chi connectivity index (χ1) is 17.2. The fourth-order valence-electron chi connectivity index (χ4n) is 3.61. The number of carbonyl (C=O) groups is 4. The molecule has 11 heteroatoms. The Morgan fingerprint density at radius 2 is 1.86 bits per heavy atom. The lowest BCUT2D eigenvalue weighted by atomic mass is 10.1. The zero-order valence-corrected chi connectivity index (χ0v) is 20.0. The minimum absolute atomic E-state index is 0.00464. The topological polar surface area (TPSA) is 145 Å². The van der Waals surface area contributed by atoms with Crippen molar-refractivity contribution in [3.05, 3.63) is 63.7 Å².